The Bertz CT molecular complexity index is 798. The van der Waals surface area contributed by atoms with Crippen LogP contribution in [0.25, 0.3) is 10.9 Å². The van der Waals surface area contributed by atoms with Gasteiger partial charge in [-0.05, 0) is 30.9 Å². The fourth-order valence-corrected chi connectivity index (χ4v) is 3.12. The topological polar surface area (TPSA) is 34.9 Å². The molecule has 3 heteroatoms. The largest absolute Gasteiger partial charge is 0.348 e. The number of aromatic nitrogens is 2. The van der Waals surface area contributed by atoms with Gasteiger partial charge in [-0.2, -0.15) is 0 Å². The third-order valence-electron chi connectivity index (χ3n) is 4.43. The van der Waals surface area contributed by atoms with E-state index in [0.717, 1.165) is 22.9 Å². The summed E-state index contributed by atoms with van der Waals surface area (Å²) in [6, 6.07) is 6.16. The van der Waals surface area contributed by atoms with Crippen LogP contribution >= 0.6 is 0 Å². The summed E-state index contributed by atoms with van der Waals surface area (Å²) in [6.45, 7) is 6.36. The lowest BCUT2D eigenvalue weighted by Gasteiger charge is -2.38. The molecular weight excluding hydrogens is 260 g/mol. The standard InChI is InChI=1S/C18H20N2O/c1-13(2)18(9-5-4-6-10-18)20-16-11-14(3)7-8-15(16)12-19-17(20)21/h4-9,11-13H,10H2,1-3H3. The molecule has 1 aromatic carbocycles. The lowest BCUT2D eigenvalue weighted by atomic mass is 9.80. The second-order valence-electron chi connectivity index (χ2n) is 6.08. The van der Waals surface area contributed by atoms with Crippen LogP contribution in [0, 0.1) is 12.8 Å². The van der Waals surface area contributed by atoms with Crippen molar-refractivity contribution in [3.63, 3.8) is 0 Å². The highest BCUT2D eigenvalue weighted by atomic mass is 16.1. The van der Waals surface area contributed by atoms with Gasteiger partial charge in [0.15, 0.2) is 0 Å². The number of hydrogen-bond acceptors (Lipinski definition) is 2. The fraction of sp³-hybridized carbons (Fsp3) is 0.333. The van der Waals surface area contributed by atoms with E-state index in [4.69, 9.17) is 0 Å². The highest BCUT2D eigenvalue weighted by Gasteiger charge is 2.35. The minimum absolute atomic E-state index is 0.179. The fourth-order valence-electron chi connectivity index (χ4n) is 3.12. The quantitative estimate of drug-likeness (QED) is 0.843. The summed E-state index contributed by atoms with van der Waals surface area (Å²) < 4.78 is 1.88. The third kappa shape index (κ3) is 2.13. The molecule has 3 nitrogen and oxygen atoms in total. The molecule has 0 saturated carbocycles. The Morgan fingerprint density at radius 1 is 1.29 bits per heavy atom. The van der Waals surface area contributed by atoms with Crippen LogP contribution in [-0.2, 0) is 5.54 Å². The molecule has 0 radical (unpaired) electrons. The summed E-state index contributed by atoms with van der Waals surface area (Å²) in [5.41, 5.74) is 1.59. The molecule has 1 aliphatic rings. The maximum atomic E-state index is 12.5. The van der Waals surface area contributed by atoms with E-state index in [9.17, 15) is 4.79 Å². The van der Waals surface area contributed by atoms with E-state index < -0.39 is 0 Å². The Morgan fingerprint density at radius 2 is 2.10 bits per heavy atom. The van der Waals surface area contributed by atoms with Gasteiger partial charge in [-0.15, -0.1) is 0 Å². The lowest BCUT2D eigenvalue weighted by molar-refractivity contribution is 0.262. The van der Waals surface area contributed by atoms with Crippen LogP contribution in [0.2, 0.25) is 0 Å². The Morgan fingerprint density at radius 3 is 2.76 bits per heavy atom. The molecule has 1 heterocycles. The molecule has 0 spiro atoms. The predicted octanol–water partition coefficient (Wildman–Crippen LogP) is 3.57. The first-order valence-corrected chi connectivity index (χ1v) is 7.38. The van der Waals surface area contributed by atoms with E-state index in [1.807, 2.05) is 29.7 Å². The van der Waals surface area contributed by atoms with Crippen molar-refractivity contribution in [3.8, 4) is 0 Å². The molecule has 108 valence electrons. The van der Waals surface area contributed by atoms with Crippen molar-refractivity contribution in [2.75, 3.05) is 0 Å². The summed E-state index contributed by atoms with van der Waals surface area (Å²) in [7, 11) is 0. The van der Waals surface area contributed by atoms with Crippen molar-refractivity contribution < 1.29 is 0 Å². The minimum Gasteiger partial charge on any atom is -0.282 e. The third-order valence-corrected chi connectivity index (χ3v) is 4.43. The van der Waals surface area contributed by atoms with Gasteiger partial charge < -0.3 is 0 Å². The Labute approximate surface area is 124 Å². The second-order valence-corrected chi connectivity index (χ2v) is 6.08. The van der Waals surface area contributed by atoms with Crippen LogP contribution in [0.5, 0.6) is 0 Å². The monoisotopic (exact) mass is 280 g/mol. The summed E-state index contributed by atoms with van der Waals surface area (Å²) in [5.74, 6) is 0.296. The maximum Gasteiger partial charge on any atom is 0.348 e. The molecule has 21 heavy (non-hydrogen) atoms. The van der Waals surface area contributed by atoms with Crippen LogP contribution in [-0.4, -0.2) is 9.55 Å². The Hall–Kier alpha value is -2.16. The van der Waals surface area contributed by atoms with Crippen LogP contribution in [0.3, 0.4) is 0 Å². The molecule has 1 aliphatic carbocycles. The number of nitrogens with zero attached hydrogens (tertiary/aromatic N) is 2. The minimum atomic E-state index is -0.341. The van der Waals surface area contributed by atoms with Crippen LogP contribution < -0.4 is 5.69 Å². The Balaban J connectivity index is 2.39. The van der Waals surface area contributed by atoms with E-state index in [2.05, 4.69) is 43.1 Å². The molecule has 2 aromatic rings. The van der Waals surface area contributed by atoms with Gasteiger partial charge in [-0.25, -0.2) is 9.78 Å². The van der Waals surface area contributed by atoms with Crippen molar-refractivity contribution in [3.05, 3.63) is 64.7 Å². The first kappa shape index (κ1) is 13.8. The molecule has 0 bridgehead atoms. The molecule has 0 amide bonds. The molecule has 3 rings (SSSR count). The molecule has 1 aromatic heterocycles. The van der Waals surface area contributed by atoms with Crippen LogP contribution in [0.4, 0.5) is 0 Å². The number of aryl methyl sites for hydroxylation is 1. The molecule has 0 aliphatic heterocycles. The average molecular weight is 280 g/mol. The zero-order valence-corrected chi connectivity index (χ0v) is 12.7. The number of allylic oxidation sites excluding steroid dienone is 4. The van der Waals surface area contributed by atoms with Crippen LogP contribution in [0.15, 0.2) is 53.5 Å². The zero-order chi connectivity index (χ0) is 15.0. The van der Waals surface area contributed by atoms with Gasteiger partial charge in [-0.1, -0.05) is 50.3 Å². The highest BCUT2D eigenvalue weighted by Crippen LogP contribution is 2.35. The van der Waals surface area contributed by atoms with Crippen molar-refractivity contribution >= 4 is 10.9 Å². The van der Waals surface area contributed by atoms with E-state index >= 15 is 0 Å². The van der Waals surface area contributed by atoms with Crippen molar-refractivity contribution in [1.82, 2.24) is 9.55 Å². The smallest absolute Gasteiger partial charge is 0.282 e. The average Bonchev–Trinajstić information content (AvgIpc) is 2.47. The predicted molar refractivity (Wildman–Crippen MR) is 86.4 cm³/mol. The number of fused-ring (bicyclic) bond motifs is 1. The van der Waals surface area contributed by atoms with Crippen LogP contribution in [0.1, 0.15) is 25.8 Å². The van der Waals surface area contributed by atoms with Gasteiger partial charge in [-0.3, -0.25) is 4.57 Å². The van der Waals surface area contributed by atoms with Gasteiger partial charge in [0.25, 0.3) is 0 Å². The molecular formula is C18H20N2O. The van der Waals surface area contributed by atoms with Crippen molar-refractivity contribution in [1.29, 1.82) is 0 Å². The van der Waals surface area contributed by atoms with Gasteiger partial charge in [0.1, 0.15) is 0 Å². The number of hydrogen-bond donors (Lipinski definition) is 0. The van der Waals surface area contributed by atoms with Gasteiger partial charge >= 0.3 is 5.69 Å². The normalized spacial score (nSPS) is 21.3. The second kappa shape index (κ2) is 4.99. The molecule has 1 unspecified atom stereocenters. The van der Waals surface area contributed by atoms with Gasteiger partial charge in [0.2, 0.25) is 0 Å². The van der Waals surface area contributed by atoms with Crippen molar-refractivity contribution in [2.24, 2.45) is 5.92 Å². The molecule has 0 saturated heterocycles. The van der Waals surface area contributed by atoms with E-state index in [0.29, 0.717) is 5.92 Å². The first-order chi connectivity index (χ1) is 10.0. The molecule has 1 atom stereocenters. The lowest BCUT2D eigenvalue weighted by Crippen LogP contribution is -2.45. The zero-order valence-electron chi connectivity index (χ0n) is 12.7. The summed E-state index contributed by atoms with van der Waals surface area (Å²) in [6.07, 6.45) is 10.8. The molecule has 0 N–H and O–H groups in total. The maximum absolute atomic E-state index is 12.5. The van der Waals surface area contributed by atoms with Gasteiger partial charge in [0, 0.05) is 11.6 Å². The van der Waals surface area contributed by atoms with Crippen molar-refractivity contribution in [2.45, 2.75) is 32.7 Å². The SMILES string of the molecule is Cc1ccc2cnc(=O)n(C3(C(C)C)C=CC=CC3)c2c1. The number of benzene rings is 1. The number of rotatable bonds is 2. The Kier molecular flexibility index (Phi) is 3.28. The summed E-state index contributed by atoms with van der Waals surface area (Å²) in [5, 5.41) is 1.00. The first-order valence-electron chi connectivity index (χ1n) is 7.38. The summed E-state index contributed by atoms with van der Waals surface area (Å²) in [4.78, 5) is 16.6. The molecule has 0 fully saturated rings. The van der Waals surface area contributed by atoms with E-state index in [1.165, 1.54) is 0 Å². The summed E-state index contributed by atoms with van der Waals surface area (Å²) >= 11 is 0. The van der Waals surface area contributed by atoms with E-state index in [-0.39, 0.29) is 11.2 Å². The van der Waals surface area contributed by atoms with E-state index in [1.54, 1.807) is 6.20 Å². The highest BCUT2D eigenvalue weighted by molar-refractivity contribution is 5.79. The van der Waals surface area contributed by atoms with Gasteiger partial charge in [0.05, 0.1) is 11.1 Å².